The van der Waals surface area contributed by atoms with Gasteiger partial charge in [-0.3, -0.25) is 9.55 Å². The summed E-state index contributed by atoms with van der Waals surface area (Å²) in [7, 11) is 0. The van der Waals surface area contributed by atoms with Gasteiger partial charge in [0.25, 0.3) is 0 Å². The molecule has 0 radical (unpaired) electrons. The maximum atomic E-state index is 6.05. The van der Waals surface area contributed by atoms with E-state index in [1.54, 1.807) is 18.5 Å². The lowest BCUT2D eigenvalue weighted by molar-refractivity contribution is 0.982. The third kappa shape index (κ3) is 2.29. The molecular formula is C13H8Cl3N3. The van der Waals surface area contributed by atoms with Crippen molar-refractivity contribution < 1.29 is 0 Å². The van der Waals surface area contributed by atoms with E-state index in [0.29, 0.717) is 15.9 Å². The van der Waals surface area contributed by atoms with Gasteiger partial charge in [-0.2, -0.15) is 0 Å². The van der Waals surface area contributed by atoms with Crippen molar-refractivity contribution in [1.29, 1.82) is 0 Å². The van der Waals surface area contributed by atoms with E-state index in [9.17, 15) is 0 Å². The first kappa shape index (κ1) is 12.7. The van der Waals surface area contributed by atoms with E-state index in [-0.39, 0.29) is 0 Å². The molecule has 3 nitrogen and oxygen atoms in total. The quantitative estimate of drug-likeness (QED) is 0.654. The molecule has 0 spiro atoms. The van der Waals surface area contributed by atoms with Crippen LogP contribution in [0.15, 0.2) is 36.7 Å². The lowest BCUT2D eigenvalue weighted by Crippen LogP contribution is -1.99. The van der Waals surface area contributed by atoms with Crippen LogP contribution in [0, 0.1) is 0 Å². The van der Waals surface area contributed by atoms with Gasteiger partial charge in [-0.25, -0.2) is 4.98 Å². The lowest BCUT2D eigenvalue weighted by atomic mass is 10.3. The third-order valence-corrected chi connectivity index (χ3v) is 3.43. The van der Waals surface area contributed by atoms with Crippen molar-refractivity contribution in [3.63, 3.8) is 0 Å². The van der Waals surface area contributed by atoms with Gasteiger partial charge in [-0.15, -0.1) is 11.6 Å². The summed E-state index contributed by atoms with van der Waals surface area (Å²) in [4.78, 5) is 8.51. The summed E-state index contributed by atoms with van der Waals surface area (Å²) in [5.74, 6) is 1.02. The third-order valence-electron chi connectivity index (χ3n) is 2.75. The molecule has 0 aliphatic carbocycles. The van der Waals surface area contributed by atoms with Crippen molar-refractivity contribution >= 4 is 45.8 Å². The van der Waals surface area contributed by atoms with Crippen molar-refractivity contribution in [2.45, 2.75) is 5.88 Å². The topological polar surface area (TPSA) is 30.7 Å². The predicted molar refractivity (Wildman–Crippen MR) is 78.4 cm³/mol. The minimum atomic E-state index is 0.290. The number of aromatic nitrogens is 3. The number of fused-ring (bicyclic) bond motifs is 1. The molecule has 0 atom stereocenters. The van der Waals surface area contributed by atoms with Gasteiger partial charge in [0.2, 0.25) is 0 Å². The fourth-order valence-electron chi connectivity index (χ4n) is 2.03. The van der Waals surface area contributed by atoms with Crippen molar-refractivity contribution in [3.05, 3.63) is 52.5 Å². The summed E-state index contributed by atoms with van der Waals surface area (Å²) in [6.45, 7) is 0. The molecule has 0 bridgehead atoms. The average molecular weight is 313 g/mol. The number of pyridine rings is 1. The Labute approximate surface area is 124 Å². The minimum Gasteiger partial charge on any atom is -0.295 e. The van der Waals surface area contributed by atoms with Crippen LogP contribution in [0.1, 0.15) is 5.82 Å². The van der Waals surface area contributed by atoms with Gasteiger partial charge in [-0.05, 0) is 24.3 Å². The number of rotatable bonds is 2. The predicted octanol–water partition coefficient (Wildman–Crippen LogP) is 4.47. The standard InChI is InChI=1S/C13H8Cl3N3/c14-6-13-18-11-7-17-2-1-12(11)19(13)10-4-8(15)3-9(16)5-10/h1-5,7H,6H2. The summed E-state index contributed by atoms with van der Waals surface area (Å²) < 4.78 is 1.93. The zero-order chi connectivity index (χ0) is 13.4. The molecule has 0 amide bonds. The molecule has 0 fully saturated rings. The normalized spacial score (nSPS) is 11.1. The Hall–Kier alpha value is -1.29. The lowest BCUT2D eigenvalue weighted by Gasteiger charge is -2.08. The Morgan fingerprint density at radius 1 is 1.11 bits per heavy atom. The van der Waals surface area contributed by atoms with Crippen LogP contribution in [0.25, 0.3) is 16.7 Å². The van der Waals surface area contributed by atoms with Crippen LogP contribution in [0.2, 0.25) is 10.0 Å². The van der Waals surface area contributed by atoms with E-state index < -0.39 is 0 Å². The van der Waals surface area contributed by atoms with Gasteiger partial charge in [0, 0.05) is 16.2 Å². The van der Waals surface area contributed by atoms with E-state index in [1.807, 2.05) is 22.8 Å². The van der Waals surface area contributed by atoms with Crippen molar-refractivity contribution in [1.82, 2.24) is 14.5 Å². The van der Waals surface area contributed by atoms with Crippen LogP contribution in [-0.4, -0.2) is 14.5 Å². The number of alkyl halides is 1. The van der Waals surface area contributed by atoms with Crippen molar-refractivity contribution in [3.8, 4) is 5.69 Å². The first-order valence-electron chi connectivity index (χ1n) is 5.53. The minimum absolute atomic E-state index is 0.290. The second-order valence-electron chi connectivity index (χ2n) is 3.99. The van der Waals surface area contributed by atoms with Crippen LogP contribution in [0.4, 0.5) is 0 Å². The van der Waals surface area contributed by atoms with E-state index in [1.165, 1.54) is 0 Å². The molecule has 2 heterocycles. The number of hydrogen-bond acceptors (Lipinski definition) is 2. The largest absolute Gasteiger partial charge is 0.295 e. The Morgan fingerprint density at radius 2 is 1.84 bits per heavy atom. The molecule has 6 heteroatoms. The molecule has 0 aliphatic heterocycles. The number of halogens is 3. The summed E-state index contributed by atoms with van der Waals surface area (Å²) in [5.41, 5.74) is 2.54. The molecule has 96 valence electrons. The van der Waals surface area contributed by atoms with Gasteiger partial charge < -0.3 is 0 Å². The molecule has 2 aromatic heterocycles. The van der Waals surface area contributed by atoms with Gasteiger partial charge in [0.15, 0.2) is 0 Å². The van der Waals surface area contributed by atoms with Gasteiger partial charge in [0.05, 0.1) is 23.3 Å². The molecule has 0 N–H and O–H groups in total. The molecule has 0 unspecified atom stereocenters. The highest BCUT2D eigenvalue weighted by atomic mass is 35.5. The van der Waals surface area contributed by atoms with Gasteiger partial charge in [0.1, 0.15) is 11.3 Å². The van der Waals surface area contributed by atoms with Crippen LogP contribution in [-0.2, 0) is 5.88 Å². The number of imidazole rings is 1. The molecular weight excluding hydrogens is 305 g/mol. The fourth-order valence-corrected chi connectivity index (χ4v) is 2.72. The van der Waals surface area contributed by atoms with E-state index in [4.69, 9.17) is 34.8 Å². The zero-order valence-corrected chi connectivity index (χ0v) is 11.9. The Balaban J connectivity index is 2.34. The first-order valence-corrected chi connectivity index (χ1v) is 6.82. The molecule has 19 heavy (non-hydrogen) atoms. The number of benzene rings is 1. The summed E-state index contributed by atoms with van der Waals surface area (Å²) >= 11 is 18.1. The summed E-state index contributed by atoms with van der Waals surface area (Å²) in [5, 5.41) is 1.14. The average Bonchev–Trinajstić information content (AvgIpc) is 2.75. The monoisotopic (exact) mass is 311 g/mol. The summed E-state index contributed by atoms with van der Waals surface area (Å²) in [6, 6.07) is 7.22. The summed E-state index contributed by atoms with van der Waals surface area (Å²) in [6.07, 6.45) is 3.42. The second kappa shape index (κ2) is 5.00. The molecule has 0 saturated heterocycles. The van der Waals surface area contributed by atoms with E-state index >= 15 is 0 Å². The SMILES string of the molecule is ClCc1nc2cnccc2n1-c1cc(Cl)cc(Cl)c1. The van der Waals surface area contributed by atoms with Gasteiger partial charge in [-0.1, -0.05) is 23.2 Å². The molecule has 1 aromatic carbocycles. The van der Waals surface area contributed by atoms with Crippen LogP contribution < -0.4 is 0 Å². The van der Waals surface area contributed by atoms with Gasteiger partial charge >= 0.3 is 0 Å². The maximum absolute atomic E-state index is 6.05. The van der Waals surface area contributed by atoms with Crippen LogP contribution in [0.5, 0.6) is 0 Å². The van der Waals surface area contributed by atoms with E-state index in [0.717, 1.165) is 22.5 Å². The molecule has 3 aromatic rings. The number of hydrogen-bond donors (Lipinski definition) is 0. The van der Waals surface area contributed by atoms with Crippen molar-refractivity contribution in [2.75, 3.05) is 0 Å². The first-order chi connectivity index (χ1) is 9.19. The second-order valence-corrected chi connectivity index (χ2v) is 5.13. The number of nitrogens with zero attached hydrogens (tertiary/aromatic N) is 3. The Bertz CT molecular complexity index is 732. The van der Waals surface area contributed by atoms with Crippen LogP contribution >= 0.6 is 34.8 Å². The molecule has 0 saturated carbocycles. The smallest absolute Gasteiger partial charge is 0.129 e. The molecule has 0 aliphatic rings. The highest BCUT2D eigenvalue weighted by Crippen LogP contribution is 2.27. The van der Waals surface area contributed by atoms with E-state index in [2.05, 4.69) is 9.97 Å². The maximum Gasteiger partial charge on any atom is 0.129 e. The van der Waals surface area contributed by atoms with Crippen molar-refractivity contribution in [2.24, 2.45) is 0 Å². The zero-order valence-electron chi connectivity index (χ0n) is 9.65. The highest BCUT2D eigenvalue weighted by Gasteiger charge is 2.12. The Morgan fingerprint density at radius 3 is 2.53 bits per heavy atom. The fraction of sp³-hybridized carbons (Fsp3) is 0.0769. The van der Waals surface area contributed by atoms with Crippen LogP contribution in [0.3, 0.4) is 0 Å². The Kier molecular flexibility index (Phi) is 3.35. The highest BCUT2D eigenvalue weighted by molar-refractivity contribution is 6.34. The molecule has 3 rings (SSSR count).